The van der Waals surface area contributed by atoms with Crippen molar-refractivity contribution in [1.82, 2.24) is 4.90 Å². The van der Waals surface area contributed by atoms with E-state index in [4.69, 9.17) is 9.47 Å². The number of nitrogens with zero attached hydrogens (tertiary/aromatic N) is 1. The predicted octanol–water partition coefficient (Wildman–Crippen LogP) is 1.73. The highest BCUT2D eigenvalue weighted by Crippen LogP contribution is 2.23. The molecule has 0 aromatic carbocycles. The number of hydrogen-bond donors (Lipinski definition) is 1. The molecule has 0 aromatic heterocycles. The van der Waals surface area contributed by atoms with Gasteiger partial charge in [0.05, 0.1) is 6.10 Å². The summed E-state index contributed by atoms with van der Waals surface area (Å²) < 4.78 is 10.2. The van der Waals surface area contributed by atoms with E-state index in [-0.39, 0.29) is 0 Å². The highest BCUT2D eigenvalue weighted by atomic mass is 16.6. The fourth-order valence-corrected chi connectivity index (χ4v) is 1.34. The van der Waals surface area contributed by atoms with Gasteiger partial charge in [0, 0.05) is 14.2 Å². The van der Waals surface area contributed by atoms with Crippen LogP contribution in [0.1, 0.15) is 34.6 Å². The van der Waals surface area contributed by atoms with Crippen molar-refractivity contribution in [3.8, 4) is 0 Å². The average Bonchev–Trinajstić information content (AvgIpc) is 2.22. The molecule has 0 bridgehead atoms. The van der Waals surface area contributed by atoms with Gasteiger partial charge in [0.2, 0.25) is 0 Å². The van der Waals surface area contributed by atoms with Crippen LogP contribution in [0.4, 0.5) is 4.79 Å². The summed E-state index contributed by atoms with van der Waals surface area (Å²) in [5.74, 6) is -1.15. The molecule has 0 spiro atoms. The number of likely N-dealkylation sites (N-methyl/N-ethyl adjacent to an activating group) is 1. The molecule has 0 radical (unpaired) electrons. The third-order valence-electron chi connectivity index (χ3n) is 2.94. The van der Waals surface area contributed by atoms with E-state index in [0.717, 1.165) is 4.90 Å². The lowest BCUT2D eigenvalue weighted by atomic mass is 9.94. The number of amides is 1. The molecule has 0 aliphatic carbocycles. The lowest BCUT2D eigenvalue weighted by Gasteiger charge is -2.39. The van der Waals surface area contributed by atoms with Crippen LogP contribution < -0.4 is 0 Å². The van der Waals surface area contributed by atoms with Crippen molar-refractivity contribution in [3.05, 3.63) is 0 Å². The second kappa shape index (κ2) is 5.56. The van der Waals surface area contributed by atoms with E-state index in [0.29, 0.717) is 0 Å². The van der Waals surface area contributed by atoms with Crippen molar-refractivity contribution < 1.29 is 24.2 Å². The molecule has 106 valence electrons. The Balaban J connectivity index is 5.17. The van der Waals surface area contributed by atoms with Gasteiger partial charge in [0.1, 0.15) is 5.60 Å². The van der Waals surface area contributed by atoms with E-state index in [2.05, 4.69) is 0 Å². The number of ether oxygens (including phenoxy) is 2. The summed E-state index contributed by atoms with van der Waals surface area (Å²) in [4.78, 5) is 24.4. The second-order valence-corrected chi connectivity index (χ2v) is 5.37. The van der Waals surface area contributed by atoms with E-state index < -0.39 is 29.3 Å². The first-order chi connectivity index (χ1) is 7.96. The number of hydrogen-bond acceptors (Lipinski definition) is 4. The van der Waals surface area contributed by atoms with E-state index in [1.807, 2.05) is 0 Å². The predicted molar refractivity (Wildman–Crippen MR) is 66.5 cm³/mol. The lowest BCUT2D eigenvalue weighted by molar-refractivity contribution is -0.157. The minimum absolute atomic E-state index is 0.674. The Morgan fingerprint density at radius 2 is 1.67 bits per heavy atom. The number of carbonyl (C=O) groups is 2. The van der Waals surface area contributed by atoms with E-state index >= 15 is 0 Å². The SMILES string of the molecule is COC(C)C(C)(C(=O)O)N(C)C(=O)OC(C)(C)C. The van der Waals surface area contributed by atoms with E-state index in [9.17, 15) is 14.7 Å². The van der Waals surface area contributed by atoms with Gasteiger partial charge in [-0.3, -0.25) is 4.90 Å². The number of carboxylic acid groups (broad SMARTS) is 1. The maximum Gasteiger partial charge on any atom is 0.411 e. The van der Waals surface area contributed by atoms with Crippen LogP contribution in [0.15, 0.2) is 0 Å². The summed E-state index contributed by atoms with van der Waals surface area (Å²) in [5.41, 5.74) is -2.17. The Bertz CT molecular complexity index is 323. The van der Waals surface area contributed by atoms with Crippen LogP contribution in [0, 0.1) is 0 Å². The summed E-state index contributed by atoms with van der Waals surface area (Å²) in [6.45, 7) is 8.17. The summed E-state index contributed by atoms with van der Waals surface area (Å²) in [6.07, 6.45) is -1.37. The standard InChI is InChI=1S/C12H23NO5/c1-8(17-7)12(5,9(14)15)13(6)10(16)18-11(2,3)4/h8H,1-7H3,(H,14,15). The molecular weight excluding hydrogens is 238 g/mol. The molecule has 0 aromatic rings. The van der Waals surface area contributed by atoms with Crippen molar-refractivity contribution >= 4 is 12.1 Å². The normalized spacial score (nSPS) is 16.6. The molecule has 1 N–H and O–H groups in total. The molecule has 6 heteroatoms. The van der Waals surface area contributed by atoms with Gasteiger partial charge >= 0.3 is 12.1 Å². The van der Waals surface area contributed by atoms with Crippen molar-refractivity contribution in [1.29, 1.82) is 0 Å². The number of carbonyl (C=O) groups excluding carboxylic acids is 1. The molecule has 1 amide bonds. The Morgan fingerprint density at radius 1 is 1.22 bits per heavy atom. The zero-order chi connectivity index (χ0) is 14.7. The van der Waals surface area contributed by atoms with Crippen LogP contribution in [-0.2, 0) is 14.3 Å². The van der Waals surface area contributed by atoms with Crippen molar-refractivity contribution in [2.75, 3.05) is 14.2 Å². The first-order valence-corrected chi connectivity index (χ1v) is 5.69. The van der Waals surface area contributed by atoms with Crippen LogP contribution in [-0.4, -0.2) is 53.5 Å². The Hall–Kier alpha value is -1.30. The van der Waals surface area contributed by atoms with Crippen LogP contribution in [0.5, 0.6) is 0 Å². The fourth-order valence-electron chi connectivity index (χ4n) is 1.34. The first-order valence-electron chi connectivity index (χ1n) is 5.69. The molecule has 6 nitrogen and oxygen atoms in total. The van der Waals surface area contributed by atoms with Gasteiger partial charge in [0.25, 0.3) is 0 Å². The van der Waals surface area contributed by atoms with Crippen LogP contribution in [0.25, 0.3) is 0 Å². The topological polar surface area (TPSA) is 76.1 Å². The highest BCUT2D eigenvalue weighted by molar-refractivity contribution is 5.84. The average molecular weight is 261 g/mol. The van der Waals surface area contributed by atoms with Gasteiger partial charge in [-0.05, 0) is 34.6 Å². The quantitative estimate of drug-likeness (QED) is 0.834. The maximum absolute atomic E-state index is 11.9. The largest absolute Gasteiger partial charge is 0.479 e. The Kier molecular flexibility index (Phi) is 5.16. The summed E-state index contributed by atoms with van der Waals surface area (Å²) in [7, 11) is 2.78. The maximum atomic E-state index is 11.9. The minimum Gasteiger partial charge on any atom is -0.479 e. The number of carboxylic acids is 1. The molecule has 2 atom stereocenters. The smallest absolute Gasteiger partial charge is 0.411 e. The molecule has 0 saturated carbocycles. The van der Waals surface area contributed by atoms with E-state index in [1.54, 1.807) is 27.7 Å². The van der Waals surface area contributed by atoms with Gasteiger partial charge in [-0.25, -0.2) is 9.59 Å². The number of aliphatic carboxylic acids is 1. The van der Waals surface area contributed by atoms with Gasteiger partial charge in [-0.15, -0.1) is 0 Å². The first kappa shape index (κ1) is 16.7. The summed E-state index contributed by atoms with van der Waals surface area (Å²) >= 11 is 0. The third kappa shape index (κ3) is 3.60. The van der Waals surface area contributed by atoms with Gasteiger partial charge in [-0.1, -0.05) is 0 Å². The highest BCUT2D eigenvalue weighted by Gasteiger charge is 2.47. The Morgan fingerprint density at radius 3 is 1.94 bits per heavy atom. The fraction of sp³-hybridized carbons (Fsp3) is 0.833. The van der Waals surface area contributed by atoms with Gasteiger partial charge < -0.3 is 14.6 Å². The number of methoxy groups -OCH3 is 1. The molecule has 2 unspecified atom stereocenters. The zero-order valence-electron chi connectivity index (χ0n) is 12.1. The summed E-state index contributed by atoms with van der Waals surface area (Å²) in [6, 6.07) is 0. The molecule has 0 heterocycles. The zero-order valence-corrected chi connectivity index (χ0v) is 12.1. The van der Waals surface area contributed by atoms with Crippen molar-refractivity contribution in [3.63, 3.8) is 0 Å². The Labute approximate surface area is 108 Å². The summed E-state index contributed by atoms with van der Waals surface area (Å²) in [5, 5.41) is 9.32. The molecule has 0 aliphatic heterocycles. The number of rotatable bonds is 4. The van der Waals surface area contributed by atoms with Crippen LogP contribution in [0.2, 0.25) is 0 Å². The molecule has 0 saturated heterocycles. The molecule has 18 heavy (non-hydrogen) atoms. The van der Waals surface area contributed by atoms with Crippen LogP contribution in [0.3, 0.4) is 0 Å². The molecule has 0 rings (SSSR count). The van der Waals surface area contributed by atoms with Crippen molar-refractivity contribution in [2.24, 2.45) is 0 Å². The molecule has 0 fully saturated rings. The minimum atomic E-state index is -1.49. The van der Waals surface area contributed by atoms with E-state index in [1.165, 1.54) is 21.1 Å². The van der Waals surface area contributed by atoms with Crippen LogP contribution >= 0.6 is 0 Å². The lowest BCUT2D eigenvalue weighted by Crippen LogP contribution is -2.60. The third-order valence-corrected chi connectivity index (χ3v) is 2.94. The molecular formula is C12H23NO5. The monoisotopic (exact) mass is 261 g/mol. The van der Waals surface area contributed by atoms with Gasteiger partial charge in [0.15, 0.2) is 5.54 Å². The second-order valence-electron chi connectivity index (χ2n) is 5.37. The van der Waals surface area contributed by atoms with Crippen molar-refractivity contribution in [2.45, 2.75) is 51.9 Å². The van der Waals surface area contributed by atoms with Gasteiger partial charge in [-0.2, -0.15) is 0 Å². The molecule has 0 aliphatic rings.